The third-order valence-corrected chi connectivity index (χ3v) is 2.73. The van der Waals surface area contributed by atoms with Crippen molar-refractivity contribution in [1.82, 2.24) is 0 Å². The number of thioether (sulfide) groups is 1. The summed E-state index contributed by atoms with van der Waals surface area (Å²) in [5.41, 5.74) is 7.19. The Kier molecular flexibility index (Phi) is 4.19. The molecule has 0 saturated heterocycles. The average molecular weight is 181 g/mol. The molecule has 0 saturated carbocycles. The standard InChI is InChI=1S/C10H15NS/c1-2-12-8-10(11)9-6-4-3-5-7-9/h3-7,10H,2,8,11H2,1H3. The van der Waals surface area contributed by atoms with Crippen molar-refractivity contribution in [3.05, 3.63) is 35.9 Å². The SMILES string of the molecule is CCSCC(N)c1ccccc1. The Morgan fingerprint density at radius 2 is 2.00 bits per heavy atom. The highest BCUT2D eigenvalue weighted by atomic mass is 32.2. The molecule has 0 fully saturated rings. The molecule has 0 heterocycles. The van der Waals surface area contributed by atoms with Gasteiger partial charge in [0.25, 0.3) is 0 Å². The molecule has 2 heteroatoms. The lowest BCUT2D eigenvalue weighted by molar-refractivity contribution is 0.831. The topological polar surface area (TPSA) is 26.0 Å². The first kappa shape index (κ1) is 9.62. The molecule has 0 radical (unpaired) electrons. The second kappa shape index (κ2) is 5.22. The molecule has 1 atom stereocenters. The fraction of sp³-hybridized carbons (Fsp3) is 0.400. The van der Waals surface area contributed by atoms with Gasteiger partial charge in [-0.05, 0) is 11.3 Å². The lowest BCUT2D eigenvalue weighted by atomic mass is 10.1. The maximum Gasteiger partial charge on any atom is 0.0386 e. The molecule has 66 valence electrons. The summed E-state index contributed by atoms with van der Waals surface area (Å²) in [5, 5.41) is 0. The van der Waals surface area contributed by atoms with E-state index in [4.69, 9.17) is 5.73 Å². The highest BCUT2D eigenvalue weighted by Crippen LogP contribution is 2.14. The zero-order valence-corrected chi connectivity index (χ0v) is 8.18. The Hall–Kier alpha value is -0.470. The largest absolute Gasteiger partial charge is 0.323 e. The lowest BCUT2D eigenvalue weighted by Gasteiger charge is -2.10. The number of hydrogen-bond donors (Lipinski definition) is 1. The maximum absolute atomic E-state index is 5.96. The van der Waals surface area contributed by atoms with E-state index >= 15 is 0 Å². The lowest BCUT2D eigenvalue weighted by Crippen LogP contribution is -2.12. The van der Waals surface area contributed by atoms with Gasteiger partial charge in [-0.3, -0.25) is 0 Å². The smallest absolute Gasteiger partial charge is 0.0386 e. The van der Waals surface area contributed by atoms with Gasteiger partial charge in [-0.1, -0.05) is 37.3 Å². The van der Waals surface area contributed by atoms with Crippen LogP contribution in [0.15, 0.2) is 30.3 Å². The summed E-state index contributed by atoms with van der Waals surface area (Å²) in [4.78, 5) is 0. The summed E-state index contributed by atoms with van der Waals surface area (Å²) in [6, 6.07) is 10.4. The summed E-state index contributed by atoms with van der Waals surface area (Å²) in [5.74, 6) is 2.15. The van der Waals surface area contributed by atoms with E-state index in [1.807, 2.05) is 30.0 Å². The number of benzene rings is 1. The predicted molar refractivity (Wildman–Crippen MR) is 56.4 cm³/mol. The van der Waals surface area contributed by atoms with Crippen molar-refractivity contribution in [2.45, 2.75) is 13.0 Å². The normalized spacial score (nSPS) is 12.8. The molecule has 1 rings (SSSR count). The van der Waals surface area contributed by atoms with E-state index in [1.54, 1.807) is 0 Å². The van der Waals surface area contributed by atoms with E-state index in [0.717, 1.165) is 11.5 Å². The fourth-order valence-electron chi connectivity index (χ4n) is 1.04. The van der Waals surface area contributed by atoms with Gasteiger partial charge >= 0.3 is 0 Å². The van der Waals surface area contributed by atoms with E-state index in [0.29, 0.717) is 0 Å². The van der Waals surface area contributed by atoms with Crippen LogP contribution in [-0.4, -0.2) is 11.5 Å². The van der Waals surface area contributed by atoms with Crippen LogP contribution in [0.1, 0.15) is 18.5 Å². The van der Waals surface area contributed by atoms with Crippen LogP contribution in [0, 0.1) is 0 Å². The van der Waals surface area contributed by atoms with Gasteiger partial charge in [0.2, 0.25) is 0 Å². The van der Waals surface area contributed by atoms with E-state index < -0.39 is 0 Å². The van der Waals surface area contributed by atoms with Crippen LogP contribution >= 0.6 is 11.8 Å². The van der Waals surface area contributed by atoms with Crippen molar-refractivity contribution < 1.29 is 0 Å². The van der Waals surface area contributed by atoms with Crippen molar-refractivity contribution in [2.24, 2.45) is 5.73 Å². The van der Waals surface area contributed by atoms with Gasteiger partial charge in [-0.2, -0.15) is 11.8 Å². The second-order valence-electron chi connectivity index (χ2n) is 2.68. The van der Waals surface area contributed by atoms with Crippen LogP contribution in [0.3, 0.4) is 0 Å². The molecule has 1 aromatic rings. The number of nitrogens with two attached hydrogens (primary N) is 1. The van der Waals surface area contributed by atoms with E-state index in [9.17, 15) is 0 Å². The Bertz CT molecular complexity index is 210. The van der Waals surface area contributed by atoms with Crippen LogP contribution in [0.25, 0.3) is 0 Å². The van der Waals surface area contributed by atoms with Gasteiger partial charge in [0, 0.05) is 11.8 Å². The van der Waals surface area contributed by atoms with E-state index in [1.165, 1.54) is 5.56 Å². The summed E-state index contributed by atoms with van der Waals surface area (Å²) >= 11 is 1.89. The average Bonchev–Trinajstić information content (AvgIpc) is 2.15. The summed E-state index contributed by atoms with van der Waals surface area (Å²) in [7, 11) is 0. The maximum atomic E-state index is 5.96. The molecular formula is C10H15NS. The van der Waals surface area contributed by atoms with Crippen LogP contribution in [-0.2, 0) is 0 Å². The number of hydrogen-bond acceptors (Lipinski definition) is 2. The Labute approximate surface area is 78.4 Å². The molecule has 2 N–H and O–H groups in total. The summed E-state index contributed by atoms with van der Waals surface area (Å²) in [6.07, 6.45) is 0. The van der Waals surface area contributed by atoms with Gasteiger partial charge < -0.3 is 5.73 Å². The number of rotatable bonds is 4. The zero-order chi connectivity index (χ0) is 8.81. The summed E-state index contributed by atoms with van der Waals surface area (Å²) < 4.78 is 0. The van der Waals surface area contributed by atoms with Crippen molar-refractivity contribution in [2.75, 3.05) is 11.5 Å². The van der Waals surface area contributed by atoms with Crippen LogP contribution in [0.2, 0.25) is 0 Å². The molecule has 0 amide bonds. The highest BCUT2D eigenvalue weighted by Gasteiger charge is 2.03. The molecule has 1 nitrogen and oxygen atoms in total. The third-order valence-electron chi connectivity index (χ3n) is 1.73. The molecule has 0 aromatic heterocycles. The van der Waals surface area contributed by atoms with Gasteiger partial charge in [0.1, 0.15) is 0 Å². The molecule has 0 aliphatic carbocycles. The minimum atomic E-state index is 0.191. The van der Waals surface area contributed by atoms with Gasteiger partial charge in [-0.25, -0.2) is 0 Å². The van der Waals surface area contributed by atoms with Crippen molar-refractivity contribution in [3.63, 3.8) is 0 Å². The Morgan fingerprint density at radius 1 is 1.33 bits per heavy atom. The van der Waals surface area contributed by atoms with E-state index in [-0.39, 0.29) is 6.04 Å². The van der Waals surface area contributed by atoms with Crippen molar-refractivity contribution >= 4 is 11.8 Å². The van der Waals surface area contributed by atoms with Crippen molar-refractivity contribution in [3.8, 4) is 0 Å². The van der Waals surface area contributed by atoms with Gasteiger partial charge in [0.15, 0.2) is 0 Å². The molecule has 0 aliphatic rings. The van der Waals surface area contributed by atoms with Crippen LogP contribution < -0.4 is 5.73 Å². The van der Waals surface area contributed by atoms with Gasteiger partial charge in [-0.15, -0.1) is 0 Å². The van der Waals surface area contributed by atoms with Crippen molar-refractivity contribution in [1.29, 1.82) is 0 Å². The molecule has 0 spiro atoms. The first-order valence-electron chi connectivity index (χ1n) is 4.23. The minimum absolute atomic E-state index is 0.191. The summed E-state index contributed by atoms with van der Waals surface area (Å²) in [6.45, 7) is 2.16. The molecule has 12 heavy (non-hydrogen) atoms. The first-order valence-corrected chi connectivity index (χ1v) is 5.38. The fourth-order valence-corrected chi connectivity index (χ4v) is 1.72. The third kappa shape index (κ3) is 2.88. The quantitative estimate of drug-likeness (QED) is 0.772. The molecule has 1 aromatic carbocycles. The molecule has 1 unspecified atom stereocenters. The Morgan fingerprint density at radius 3 is 2.58 bits per heavy atom. The monoisotopic (exact) mass is 181 g/mol. The highest BCUT2D eigenvalue weighted by molar-refractivity contribution is 7.99. The second-order valence-corrected chi connectivity index (χ2v) is 4.00. The molecule has 0 aliphatic heterocycles. The minimum Gasteiger partial charge on any atom is -0.323 e. The Balaban J connectivity index is 2.48. The zero-order valence-electron chi connectivity index (χ0n) is 7.36. The van der Waals surface area contributed by atoms with Crippen LogP contribution in [0.4, 0.5) is 0 Å². The van der Waals surface area contributed by atoms with E-state index in [2.05, 4.69) is 19.1 Å². The predicted octanol–water partition coefficient (Wildman–Crippen LogP) is 2.44. The first-order chi connectivity index (χ1) is 5.84. The van der Waals surface area contributed by atoms with Gasteiger partial charge in [0.05, 0.1) is 0 Å². The molecule has 0 bridgehead atoms. The molecular weight excluding hydrogens is 166 g/mol. The van der Waals surface area contributed by atoms with Crippen LogP contribution in [0.5, 0.6) is 0 Å².